The molecule has 0 aliphatic carbocycles. The van der Waals surface area contributed by atoms with Gasteiger partial charge in [-0.3, -0.25) is 0 Å². The lowest BCUT2D eigenvalue weighted by Gasteiger charge is -1.94. The molecule has 5 nitrogen and oxygen atoms in total. The molecular formula is C12H11N3O2S2. The van der Waals surface area contributed by atoms with E-state index >= 15 is 0 Å². The molecule has 0 aliphatic rings. The van der Waals surface area contributed by atoms with Gasteiger partial charge in [-0.25, -0.2) is 4.98 Å². The third-order valence-corrected chi connectivity index (χ3v) is 4.63. The predicted octanol–water partition coefficient (Wildman–Crippen LogP) is 3.70. The molecule has 0 aromatic carbocycles. The minimum Gasteiger partial charge on any atom is -0.468 e. The van der Waals surface area contributed by atoms with E-state index < -0.39 is 0 Å². The smallest absolute Gasteiger partial charge is 0.269 e. The van der Waals surface area contributed by atoms with Crippen molar-refractivity contribution in [3.63, 3.8) is 0 Å². The van der Waals surface area contributed by atoms with Crippen molar-refractivity contribution in [2.75, 3.05) is 0 Å². The van der Waals surface area contributed by atoms with Gasteiger partial charge in [-0.15, -0.1) is 23.1 Å². The standard InChI is InChI=1S/C12H11N3O2S2/c1-7-11(19-6-13-7)12-14-10(15-17-12)5-18-9-3-4-16-8(9)2/h3-4,6H,5H2,1-2H3. The first kappa shape index (κ1) is 12.4. The van der Waals surface area contributed by atoms with E-state index in [4.69, 9.17) is 8.94 Å². The quantitative estimate of drug-likeness (QED) is 0.683. The van der Waals surface area contributed by atoms with Crippen molar-refractivity contribution in [2.45, 2.75) is 24.5 Å². The number of thioether (sulfide) groups is 1. The summed E-state index contributed by atoms with van der Waals surface area (Å²) in [6.07, 6.45) is 1.68. The summed E-state index contributed by atoms with van der Waals surface area (Å²) >= 11 is 3.14. The van der Waals surface area contributed by atoms with Crippen molar-refractivity contribution in [3.8, 4) is 10.8 Å². The number of aryl methyl sites for hydroxylation is 2. The fourth-order valence-electron chi connectivity index (χ4n) is 1.58. The molecule has 0 unspecified atom stereocenters. The molecule has 19 heavy (non-hydrogen) atoms. The van der Waals surface area contributed by atoms with Crippen LogP contribution in [0.1, 0.15) is 17.3 Å². The molecule has 0 aliphatic heterocycles. The van der Waals surface area contributed by atoms with Gasteiger partial charge < -0.3 is 8.94 Å². The topological polar surface area (TPSA) is 65.0 Å². The van der Waals surface area contributed by atoms with E-state index in [-0.39, 0.29) is 0 Å². The number of aromatic nitrogens is 3. The van der Waals surface area contributed by atoms with Crippen LogP contribution in [-0.2, 0) is 5.75 Å². The Labute approximate surface area is 118 Å². The summed E-state index contributed by atoms with van der Waals surface area (Å²) in [6, 6.07) is 1.94. The summed E-state index contributed by atoms with van der Waals surface area (Å²) < 4.78 is 10.5. The highest BCUT2D eigenvalue weighted by Crippen LogP contribution is 2.28. The first-order valence-corrected chi connectivity index (χ1v) is 7.50. The molecule has 0 bridgehead atoms. The number of hydrogen-bond donors (Lipinski definition) is 0. The highest BCUT2D eigenvalue weighted by Gasteiger charge is 2.14. The first-order chi connectivity index (χ1) is 9.24. The van der Waals surface area contributed by atoms with Crippen LogP contribution in [0.4, 0.5) is 0 Å². The van der Waals surface area contributed by atoms with E-state index in [0.717, 1.165) is 21.2 Å². The number of nitrogens with zero attached hydrogens (tertiary/aromatic N) is 3. The minimum atomic E-state index is 0.541. The van der Waals surface area contributed by atoms with Crippen LogP contribution >= 0.6 is 23.1 Å². The molecule has 98 valence electrons. The molecule has 0 atom stereocenters. The summed E-state index contributed by atoms with van der Waals surface area (Å²) in [7, 11) is 0. The molecule has 0 saturated carbocycles. The highest BCUT2D eigenvalue weighted by atomic mass is 32.2. The van der Waals surface area contributed by atoms with Gasteiger partial charge in [0.15, 0.2) is 5.82 Å². The molecule has 0 amide bonds. The third-order valence-electron chi connectivity index (χ3n) is 2.58. The monoisotopic (exact) mass is 293 g/mol. The van der Waals surface area contributed by atoms with Gasteiger partial charge in [0.05, 0.1) is 23.2 Å². The van der Waals surface area contributed by atoms with Crippen molar-refractivity contribution in [3.05, 3.63) is 35.1 Å². The molecule has 0 radical (unpaired) electrons. The van der Waals surface area contributed by atoms with E-state index in [1.807, 2.05) is 19.9 Å². The van der Waals surface area contributed by atoms with Gasteiger partial charge in [-0.05, 0) is 19.9 Å². The van der Waals surface area contributed by atoms with Crippen LogP contribution in [0.5, 0.6) is 0 Å². The van der Waals surface area contributed by atoms with E-state index in [1.165, 1.54) is 11.3 Å². The summed E-state index contributed by atoms with van der Waals surface area (Å²) in [5.41, 5.74) is 2.69. The predicted molar refractivity (Wildman–Crippen MR) is 73.1 cm³/mol. The highest BCUT2D eigenvalue weighted by molar-refractivity contribution is 7.98. The zero-order chi connectivity index (χ0) is 13.2. The minimum absolute atomic E-state index is 0.541. The SMILES string of the molecule is Cc1ncsc1-c1nc(CSc2ccoc2C)no1. The molecule has 0 N–H and O–H groups in total. The van der Waals surface area contributed by atoms with E-state index in [0.29, 0.717) is 17.5 Å². The summed E-state index contributed by atoms with van der Waals surface area (Å²) in [5, 5.41) is 3.98. The van der Waals surface area contributed by atoms with Gasteiger partial charge in [0.2, 0.25) is 0 Å². The van der Waals surface area contributed by atoms with Crippen LogP contribution in [0.15, 0.2) is 31.7 Å². The Hall–Kier alpha value is -1.60. The fraction of sp³-hybridized carbons (Fsp3) is 0.250. The Balaban J connectivity index is 1.72. The number of rotatable bonds is 4. The summed E-state index contributed by atoms with van der Waals surface area (Å²) in [5.74, 6) is 2.78. The molecule has 0 spiro atoms. The Morgan fingerprint density at radius 2 is 2.26 bits per heavy atom. The zero-order valence-electron chi connectivity index (χ0n) is 10.4. The van der Waals surface area contributed by atoms with E-state index in [1.54, 1.807) is 23.5 Å². The normalized spacial score (nSPS) is 11.1. The van der Waals surface area contributed by atoms with Crippen molar-refractivity contribution >= 4 is 23.1 Å². The lowest BCUT2D eigenvalue weighted by Crippen LogP contribution is -1.84. The summed E-state index contributed by atoms with van der Waals surface area (Å²) in [4.78, 5) is 10.6. The van der Waals surface area contributed by atoms with Gasteiger partial charge in [0.1, 0.15) is 10.6 Å². The van der Waals surface area contributed by atoms with Gasteiger partial charge in [-0.1, -0.05) is 5.16 Å². The Bertz CT molecular complexity index is 687. The average molecular weight is 293 g/mol. The van der Waals surface area contributed by atoms with Gasteiger partial charge in [0.25, 0.3) is 5.89 Å². The Morgan fingerprint density at radius 1 is 1.37 bits per heavy atom. The van der Waals surface area contributed by atoms with Gasteiger partial charge in [-0.2, -0.15) is 4.98 Å². The maximum atomic E-state index is 5.26. The number of hydrogen-bond acceptors (Lipinski definition) is 7. The molecule has 3 rings (SSSR count). The molecular weight excluding hydrogens is 282 g/mol. The first-order valence-electron chi connectivity index (χ1n) is 5.64. The molecule has 3 heterocycles. The lowest BCUT2D eigenvalue weighted by molar-refractivity contribution is 0.425. The number of thiazole rings is 1. The number of furan rings is 1. The van der Waals surface area contributed by atoms with E-state index in [9.17, 15) is 0 Å². The maximum absolute atomic E-state index is 5.26. The van der Waals surface area contributed by atoms with Crippen LogP contribution in [0.3, 0.4) is 0 Å². The molecule has 3 aromatic heterocycles. The Kier molecular flexibility index (Phi) is 3.39. The van der Waals surface area contributed by atoms with Crippen LogP contribution in [0.25, 0.3) is 10.8 Å². The third kappa shape index (κ3) is 2.57. The van der Waals surface area contributed by atoms with Crippen molar-refractivity contribution < 1.29 is 8.94 Å². The fourth-order valence-corrected chi connectivity index (χ4v) is 3.11. The zero-order valence-corrected chi connectivity index (χ0v) is 12.0. The molecule has 0 fully saturated rings. The molecule has 3 aromatic rings. The van der Waals surface area contributed by atoms with Gasteiger partial charge in [0, 0.05) is 4.90 Å². The van der Waals surface area contributed by atoms with Crippen LogP contribution in [-0.4, -0.2) is 15.1 Å². The second-order valence-corrected chi connectivity index (χ2v) is 5.78. The Morgan fingerprint density at radius 3 is 2.95 bits per heavy atom. The van der Waals surface area contributed by atoms with Crippen molar-refractivity contribution in [1.82, 2.24) is 15.1 Å². The second kappa shape index (κ2) is 5.18. The maximum Gasteiger partial charge on any atom is 0.269 e. The second-order valence-electron chi connectivity index (χ2n) is 3.91. The van der Waals surface area contributed by atoms with Crippen molar-refractivity contribution in [1.29, 1.82) is 0 Å². The van der Waals surface area contributed by atoms with Crippen LogP contribution < -0.4 is 0 Å². The summed E-state index contributed by atoms with van der Waals surface area (Å²) in [6.45, 7) is 3.87. The average Bonchev–Trinajstić information content (AvgIpc) is 3.08. The largest absolute Gasteiger partial charge is 0.468 e. The molecule has 7 heteroatoms. The van der Waals surface area contributed by atoms with Crippen LogP contribution in [0.2, 0.25) is 0 Å². The molecule has 0 saturated heterocycles. The van der Waals surface area contributed by atoms with E-state index in [2.05, 4.69) is 15.1 Å². The van der Waals surface area contributed by atoms with Gasteiger partial charge >= 0.3 is 0 Å². The van der Waals surface area contributed by atoms with Crippen LogP contribution in [0, 0.1) is 13.8 Å². The lowest BCUT2D eigenvalue weighted by atomic mass is 10.4. The van der Waals surface area contributed by atoms with Crippen molar-refractivity contribution in [2.24, 2.45) is 0 Å².